The fourth-order valence-electron chi connectivity index (χ4n) is 3.42. The molecule has 0 aliphatic carbocycles. The normalized spacial score (nSPS) is 24.9. The van der Waals surface area contributed by atoms with Crippen molar-refractivity contribution in [1.82, 2.24) is 9.55 Å². The van der Waals surface area contributed by atoms with Crippen LogP contribution in [0.4, 0.5) is 5.82 Å². The standard InChI is InChI=1S/C20H20N4O9/c1-9(21)17(26)33-23-13-6-7-24(20(29)22-13)16-15-14(12(8-25)30-16)31-18(27)10-4-2-3-5-11(10)19(28)32-15/h2-7,9,12,14-16,25H,8,21H2,1H3,(H,22,23,29)/t9-,12?,14-,15-,16-/m1/s1. The van der Waals surface area contributed by atoms with E-state index in [0.29, 0.717) is 0 Å². The maximum Gasteiger partial charge on any atom is 0.351 e. The van der Waals surface area contributed by atoms with E-state index >= 15 is 0 Å². The molecule has 2 aliphatic heterocycles. The van der Waals surface area contributed by atoms with Crippen LogP contribution in [0.1, 0.15) is 33.9 Å². The van der Waals surface area contributed by atoms with E-state index in [9.17, 15) is 24.3 Å². The van der Waals surface area contributed by atoms with Gasteiger partial charge in [-0.15, -0.1) is 0 Å². The van der Waals surface area contributed by atoms with Crippen molar-refractivity contribution in [2.24, 2.45) is 5.73 Å². The molecule has 3 heterocycles. The number of aromatic nitrogens is 2. The van der Waals surface area contributed by atoms with Crippen LogP contribution < -0.4 is 16.9 Å². The Morgan fingerprint density at radius 1 is 1.18 bits per heavy atom. The van der Waals surface area contributed by atoms with Crippen molar-refractivity contribution in [3.8, 4) is 0 Å². The summed E-state index contributed by atoms with van der Waals surface area (Å²) in [6, 6.07) is 6.36. The molecule has 33 heavy (non-hydrogen) atoms. The summed E-state index contributed by atoms with van der Waals surface area (Å²) in [6.07, 6.45) is -3.50. The van der Waals surface area contributed by atoms with Crippen molar-refractivity contribution in [1.29, 1.82) is 0 Å². The molecule has 0 amide bonds. The quantitative estimate of drug-likeness (QED) is 0.285. The van der Waals surface area contributed by atoms with Crippen LogP contribution in [-0.4, -0.2) is 63.5 Å². The number of esters is 2. The topological polar surface area (TPSA) is 181 Å². The number of hydrogen-bond acceptors (Lipinski definition) is 12. The second-order valence-electron chi connectivity index (χ2n) is 7.35. The molecule has 1 saturated heterocycles. The fourth-order valence-corrected chi connectivity index (χ4v) is 3.42. The lowest BCUT2D eigenvalue weighted by Crippen LogP contribution is -2.43. The third-order valence-electron chi connectivity index (χ3n) is 5.05. The van der Waals surface area contributed by atoms with Crippen LogP contribution >= 0.6 is 0 Å². The predicted octanol–water partition coefficient (Wildman–Crippen LogP) is -0.885. The minimum Gasteiger partial charge on any atom is -0.452 e. The molecule has 1 aromatic heterocycles. The highest BCUT2D eigenvalue weighted by Gasteiger charge is 2.52. The van der Waals surface area contributed by atoms with Gasteiger partial charge in [-0.3, -0.25) is 4.57 Å². The van der Waals surface area contributed by atoms with Gasteiger partial charge in [-0.1, -0.05) is 12.1 Å². The Morgan fingerprint density at radius 3 is 2.39 bits per heavy atom. The number of rotatable bonds is 5. The molecule has 0 bridgehead atoms. The molecule has 13 nitrogen and oxygen atoms in total. The maximum absolute atomic E-state index is 12.7. The monoisotopic (exact) mass is 460 g/mol. The molecule has 0 saturated carbocycles. The van der Waals surface area contributed by atoms with Crippen LogP contribution in [0.2, 0.25) is 0 Å². The van der Waals surface area contributed by atoms with Crippen LogP contribution in [0, 0.1) is 0 Å². The lowest BCUT2D eigenvalue weighted by atomic mass is 10.0. The Morgan fingerprint density at radius 2 is 1.82 bits per heavy atom. The molecule has 2 aromatic rings. The van der Waals surface area contributed by atoms with Crippen LogP contribution in [0.5, 0.6) is 0 Å². The zero-order valence-electron chi connectivity index (χ0n) is 17.2. The highest BCUT2D eigenvalue weighted by Crippen LogP contribution is 2.35. The minimum atomic E-state index is -1.25. The lowest BCUT2D eigenvalue weighted by molar-refractivity contribution is -0.141. The van der Waals surface area contributed by atoms with Gasteiger partial charge in [0.05, 0.1) is 17.7 Å². The first-order valence-corrected chi connectivity index (χ1v) is 9.89. The Labute approximate surface area is 186 Å². The molecule has 2 aliphatic rings. The third-order valence-corrected chi connectivity index (χ3v) is 5.05. The van der Waals surface area contributed by atoms with E-state index in [4.69, 9.17) is 24.8 Å². The lowest BCUT2D eigenvalue weighted by Gasteiger charge is -2.27. The summed E-state index contributed by atoms with van der Waals surface area (Å²) in [5.74, 6) is -2.46. The van der Waals surface area contributed by atoms with Crippen molar-refractivity contribution in [2.45, 2.75) is 37.5 Å². The van der Waals surface area contributed by atoms with Gasteiger partial charge in [0.25, 0.3) is 0 Å². The Balaban J connectivity index is 1.63. The number of nitrogens with zero attached hydrogens (tertiary/aromatic N) is 2. The number of aliphatic hydroxyl groups excluding tert-OH is 1. The first kappa shape index (κ1) is 22.4. The van der Waals surface area contributed by atoms with Gasteiger partial charge in [0.15, 0.2) is 24.3 Å². The second-order valence-corrected chi connectivity index (χ2v) is 7.35. The number of ether oxygens (including phenoxy) is 3. The number of anilines is 1. The SMILES string of the molecule is C[C@@H](N)C(=O)ONc1ccn([C@@H]2OC(CO)[C@H]3OC(=O)c4ccccc4C(=O)O[C@H]32)c(=O)n1. The number of fused-ring (bicyclic) bond motifs is 2. The van der Waals surface area contributed by atoms with E-state index in [0.717, 1.165) is 4.57 Å². The smallest absolute Gasteiger partial charge is 0.351 e. The number of benzene rings is 1. The van der Waals surface area contributed by atoms with Gasteiger partial charge in [-0.2, -0.15) is 4.98 Å². The summed E-state index contributed by atoms with van der Waals surface area (Å²) in [7, 11) is 0. The van der Waals surface area contributed by atoms with Gasteiger partial charge < -0.3 is 29.9 Å². The number of nitrogens with two attached hydrogens (primary N) is 1. The Bertz CT molecular complexity index is 1150. The molecular formula is C20H20N4O9. The summed E-state index contributed by atoms with van der Waals surface area (Å²) < 4.78 is 17.7. The molecular weight excluding hydrogens is 440 g/mol. The van der Waals surface area contributed by atoms with Gasteiger partial charge in [0.1, 0.15) is 12.1 Å². The minimum absolute atomic E-state index is 0.00637. The zero-order chi connectivity index (χ0) is 23.7. The zero-order valence-corrected chi connectivity index (χ0v) is 17.2. The number of carbonyl (C=O) groups excluding carboxylic acids is 3. The average molecular weight is 460 g/mol. The van der Waals surface area contributed by atoms with E-state index in [1.165, 1.54) is 31.3 Å². The van der Waals surface area contributed by atoms with Crippen LogP contribution in [0.3, 0.4) is 0 Å². The van der Waals surface area contributed by atoms with Crippen molar-refractivity contribution in [2.75, 3.05) is 12.1 Å². The van der Waals surface area contributed by atoms with Gasteiger partial charge in [0.2, 0.25) is 0 Å². The van der Waals surface area contributed by atoms with E-state index in [2.05, 4.69) is 10.5 Å². The first-order valence-electron chi connectivity index (χ1n) is 9.89. The molecule has 1 aromatic carbocycles. The van der Waals surface area contributed by atoms with Crippen molar-refractivity contribution in [3.05, 3.63) is 58.1 Å². The average Bonchev–Trinajstić information content (AvgIpc) is 3.12. The second kappa shape index (κ2) is 8.97. The molecule has 0 radical (unpaired) electrons. The van der Waals surface area contributed by atoms with Crippen LogP contribution in [0.15, 0.2) is 41.3 Å². The highest BCUT2D eigenvalue weighted by molar-refractivity contribution is 6.03. The van der Waals surface area contributed by atoms with Gasteiger partial charge in [0, 0.05) is 12.3 Å². The largest absolute Gasteiger partial charge is 0.452 e. The molecule has 1 unspecified atom stereocenters. The Hall–Kier alpha value is -3.81. The van der Waals surface area contributed by atoms with Gasteiger partial charge in [-0.05, 0) is 19.1 Å². The van der Waals surface area contributed by atoms with Crippen LogP contribution in [-0.2, 0) is 23.8 Å². The molecule has 174 valence electrons. The van der Waals surface area contributed by atoms with E-state index < -0.39 is 60.8 Å². The van der Waals surface area contributed by atoms with Gasteiger partial charge in [-0.25, -0.2) is 24.7 Å². The van der Waals surface area contributed by atoms with Crippen molar-refractivity contribution >= 4 is 23.7 Å². The maximum atomic E-state index is 12.7. The molecule has 4 N–H and O–H groups in total. The van der Waals surface area contributed by atoms with Gasteiger partial charge >= 0.3 is 23.6 Å². The fraction of sp³-hybridized carbons (Fsp3) is 0.350. The van der Waals surface area contributed by atoms with Crippen molar-refractivity contribution in [3.63, 3.8) is 0 Å². The molecule has 13 heteroatoms. The summed E-state index contributed by atoms with van der Waals surface area (Å²) in [4.78, 5) is 57.9. The van der Waals surface area contributed by atoms with E-state index in [1.54, 1.807) is 12.1 Å². The highest BCUT2D eigenvalue weighted by atomic mass is 16.7. The van der Waals surface area contributed by atoms with Crippen molar-refractivity contribution < 1.29 is 38.5 Å². The molecule has 1 fully saturated rings. The summed E-state index contributed by atoms with van der Waals surface area (Å²) >= 11 is 0. The number of aliphatic hydroxyl groups is 1. The van der Waals surface area contributed by atoms with Crippen LogP contribution in [0.25, 0.3) is 0 Å². The van der Waals surface area contributed by atoms with E-state index in [-0.39, 0.29) is 16.9 Å². The summed E-state index contributed by atoms with van der Waals surface area (Å²) in [6.45, 7) is 0.849. The molecule has 5 atom stereocenters. The number of carbonyl (C=O) groups is 3. The number of hydrogen-bond donors (Lipinski definition) is 3. The number of nitrogens with one attached hydrogen (secondary N) is 1. The third kappa shape index (κ3) is 4.28. The predicted molar refractivity (Wildman–Crippen MR) is 108 cm³/mol. The van der Waals surface area contributed by atoms with E-state index in [1.807, 2.05) is 0 Å². The molecule has 0 spiro atoms. The summed E-state index contributed by atoms with van der Waals surface area (Å²) in [5, 5.41) is 9.73. The first-order chi connectivity index (χ1) is 15.8. The molecule has 4 rings (SSSR count). The summed E-state index contributed by atoms with van der Waals surface area (Å²) in [5.41, 5.74) is 6.75. The Kier molecular flexibility index (Phi) is 6.09.